The van der Waals surface area contributed by atoms with Crippen LogP contribution in [0.15, 0.2) is 42.5 Å². The number of carbonyl (C=O) groups excluding carboxylic acids is 2. The standard InChI is InChI=1S/C26H26N2O5S/c1-14-4-10-18-21(12-14)34-25-22(18)24(29)27-23(28-25)16-7-11-19(20(13-16)32-3)33-26(30)15-5-8-17(31-2)9-6-15/h5-9,11,13-14,23,28H,4,10,12H2,1-3H3,(H,27,29)/t14-,23+/m1/s1. The Labute approximate surface area is 202 Å². The number of amides is 1. The third-order valence-corrected chi connectivity index (χ3v) is 7.52. The molecule has 34 heavy (non-hydrogen) atoms. The molecule has 0 radical (unpaired) electrons. The Kier molecular flexibility index (Phi) is 5.91. The molecule has 0 fully saturated rings. The average molecular weight is 479 g/mol. The molecule has 2 aromatic carbocycles. The number of rotatable bonds is 5. The molecule has 5 rings (SSSR count). The fourth-order valence-electron chi connectivity index (χ4n) is 4.46. The van der Waals surface area contributed by atoms with E-state index >= 15 is 0 Å². The zero-order valence-electron chi connectivity index (χ0n) is 19.3. The zero-order valence-corrected chi connectivity index (χ0v) is 20.1. The molecular formula is C26H26N2O5S. The van der Waals surface area contributed by atoms with Gasteiger partial charge in [-0.25, -0.2) is 4.79 Å². The Hall–Kier alpha value is -3.52. The number of carbonyl (C=O) groups is 2. The van der Waals surface area contributed by atoms with E-state index in [1.807, 2.05) is 6.07 Å². The highest BCUT2D eigenvalue weighted by atomic mass is 32.1. The van der Waals surface area contributed by atoms with Gasteiger partial charge in [-0.1, -0.05) is 13.0 Å². The summed E-state index contributed by atoms with van der Waals surface area (Å²) in [6.45, 7) is 2.26. The van der Waals surface area contributed by atoms with Crippen LogP contribution in [-0.2, 0) is 12.8 Å². The molecule has 8 heteroatoms. The molecule has 7 nitrogen and oxygen atoms in total. The summed E-state index contributed by atoms with van der Waals surface area (Å²) in [5, 5.41) is 7.46. The summed E-state index contributed by atoms with van der Waals surface area (Å²) >= 11 is 1.68. The Morgan fingerprint density at radius 1 is 1.03 bits per heavy atom. The van der Waals surface area contributed by atoms with Crippen molar-refractivity contribution < 1.29 is 23.8 Å². The lowest BCUT2D eigenvalue weighted by Gasteiger charge is -2.27. The van der Waals surface area contributed by atoms with Gasteiger partial charge in [0.1, 0.15) is 16.9 Å². The highest BCUT2D eigenvalue weighted by Gasteiger charge is 2.33. The first-order valence-corrected chi connectivity index (χ1v) is 12.0. The third kappa shape index (κ3) is 4.09. The summed E-state index contributed by atoms with van der Waals surface area (Å²) in [6.07, 6.45) is 2.68. The first-order chi connectivity index (χ1) is 16.5. The van der Waals surface area contributed by atoms with Gasteiger partial charge in [-0.3, -0.25) is 4.79 Å². The minimum Gasteiger partial charge on any atom is -0.497 e. The van der Waals surface area contributed by atoms with E-state index in [4.69, 9.17) is 14.2 Å². The second kappa shape index (κ2) is 9.02. The molecular weight excluding hydrogens is 452 g/mol. The number of hydrogen-bond donors (Lipinski definition) is 2. The molecule has 2 aliphatic rings. The SMILES string of the molecule is COc1ccc(C(=O)Oc2ccc([C@H]3NC(=O)c4c(sc5c4CC[C@@H](C)C5)N3)cc2OC)cc1. The van der Waals surface area contributed by atoms with Gasteiger partial charge in [0, 0.05) is 4.88 Å². The number of esters is 1. The molecule has 0 saturated carbocycles. The fourth-order valence-corrected chi connectivity index (χ4v) is 5.90. The van der Waals surface area contributed by atoms with Crippen molar-refractivity contribution in [2.75, 3.05) is 19.5 Å². The van der Waals surface area contributed by atoms with E-state index in [0.29, 0.717) is 28.7 Å². The van der Waals surface area contributed by atoms with Gasteiger partial charge in [-0.05, 0) is 72.7 Å². The van der Waals surface area contributed by atoms with Crippen LogP contribution in [0, 0.1) is 5.92 Å². The molecule has 0 saturated heterocycles. The molecule has 1 aromatic heterocycles. The monoisotopic (exact) mass is 478 g/mol. The second-order valence-corrected chi connectivity index (χ2v) is 9.74. The summed E-state index contributed by atoms with van der Waals surface area (Å²) in [6, 6.07) is 12.0. The Bertz CT molecular complexity index is 1250. The fraction of sp³-hybridized carbons (Fsp3) is 0.308. The van der Waals surface area contributed by atoms with Crippen molar-refractivity contribution in [1.82, 2.24) is 5.32 Å². The van der Waals surface area contributed by atoms with E-state index in [0.717, 1.165) is 35.4 Å². The maximum atomic E-state index is 13.0. The lowest BCUT2D eigenvalue weighted by molar-refractivity contribution is 0.0729. The maximum absolute atomic E-state index is 13.0. The number of methoxy groups -OCH3 is 2. The number of hydrogen-bond acceptors (Lipinski definition) is 7. The number of benzene rings is 2. The van der Waals surface area contributed by atoms with Crippen molar-refractivity contribution >= 4 is 28.2 Å². The van der Waals surface area contributed by atoms with Crippen LogP contribution in [0.25, 0.3) is 0 Å². The molecule has 1 aliphatic carbocycles. The third-order valence-electron chi connectivity index (χ3n) is 6.34. The lowest BCUT2D eigenvalue weighted by Crippen LogP contribution is -2.38. The van der Waals surface area contributed by atoms with Gasteiger partial charge >= 0.3 is 5.97 Å². The van der Waals surface area contributed by atoms with Gasteiger partial charge in [0.05, 0.1) is 25.3 Å². The summed E-state index contributed by atoms with van der Waals surface area (Å²) in [4.78, 5) is 26.9. The zero-order chi connectivity index (χ0) is 23.8. The van der Waals surface area contributed by atoms with Crippen LogP contribution in [-0.4, -0.2) is 26.1 Å². The van der Waals surface area contributed by atoms with Gasteiger partial charge in [-0.2, -0.15) is 0 Å². The first kappa shape index (κ1) is 22.3. The van der Waals surface area contributed by atoms with Crippen LogP contribution in [0.1, 0.15) is 56.2 Å². The number of thiophene rings is 1. The van der Waals surface area contributed by atoms with E-state index in [-0.39, 0.29) is 5.91 Å². The van der Waals surface area contributed by atoms with Crippen LogP contribution in [0.5, 0.6) is 17.2 Å². The predicted molar refractivity (Wildman–Crippen MR) is 130 cm³/mol. The largest absolute Gasteiger partial charge is 0.497 e. The molecule has 1 amide bonds. The number of fused-ring (bicyclic) bond motifs is 3. The highest BCUT2D eigenvalue weighted by molar-refractivity contribution is 7.16. The number of nitrogens with one attached hydrogen (secondary N) is 2. The van der Waals surface area contributed by atoms with Crippen LogP contribution in [0.2, 0.25) is 0 Å². The van der Waals surface area contributed by atoms with E-state index in [1.54, 1.807) is 54.8 Å². The molecule has 0 unspecified atom stereocenters. The molecule has 3 aromatic rings. The van der Waals surface area contributed by atoms with E-state index < -0.39 is 12.1 Å². The van der Waals surface area contributed by atoms with Crippen molar-refractivity contribution in [3.05, 3.63) is 69.6 Å². The van der Waals surface area contributed by atoms with Crippen molar-refractivity contribution in [2.24, 2.45) is 5.92 Å². The summed E-state index contributed by atoms with van der Waals surface area (Å²) < 4.78 is 16.2. The molecule has 0 bridgehead atoms. The minimum absolute atomic E-state index is 0.0558. The number of anilines is 1. The number of ether oxygens (including phenoxy) is 3. The Morgan fingerprint density at radius 2 is 1.82 bits per heavy atom. The van der Waals surface area contributed by atoms with Gasteiger partial charge in [0.15, 0.2) is 11.5 Å². The Morgan fingerprint density at radius 3 is 2.56 bits per heavy atom. The maximum Gasteiger partial charge on any atom is 0.343 e. The van der Waals surface area contributed by atoms with Gasteiger partial charge in [-0.15, -0.1) is 11.3 Å². The smallest absolute Gasteiger partial charge is 0.343 e. The minimum atomic E-state index is -0.499. The lowest BCUT2D eigenvalue weighted by atomic mass is 9.88. The average Bonchev–Trinajstić information content (AvgIpc) is 3.22. The van der Waals surface area contributed by atoms with Crippen molar-refractivity contribution in [1.29, 1.82) is 0 Å². The van der Waals surface area contributed by atoms with Gasteiger partial charge in [0.2, 0.25) is 0 Å². The van der Waals surface area contributed by atoms with Crippen LogP contribution in [0.3, 0.4) is 0 Å². The quantitative estimate of drug-likeness (QED) is 0.398. The normalized spacial score (nSPS) is 18.7. The Balaban J connectivity index is 1.36. The van der Waals surface area contributed by atoms with Crippen molar-refractivity contribution in [3.63, 3.8) is 0 Å². The molecule has 0 spiro atoms. The van der Waals surface area contributed by atoms with Crippen molar-refractivity contribution in [2.45, 2.75) is 32.4 Å². The van der Waals surface area contributed by atoms with E-state index in [2.05, 4.69) is 17.6 Å². The van der Waals surface area contributed by atoms with Gasteiger partial charge < -0.3 is 24.8 Å². The van der Waals surface area contributed by atoms with E-state index in [1.165, 1.54) is 17.6 Å². The molecule has 176 valence electrons. The van der Waals surface area contributed by atoms with Gasteiger partial charge in [0.25, 0.3) is 5.91 Å². The second-order valence-electron chi connectivity index (χ2n) is 8.64. The summed E-state index contributed by atoms with van der Waals surface area (Å²) in [5.41, 5.74) is 3.19. The topological polar surface area (TPSA) is 85.9 Å². The van der Waals surface area contributed by atoms with Crippen molar-refractivity contribution in [3.8, 4) is 17.2 Å². The molecule has 2 heterocycles. The van der Waals surface area contributed by atoms with E-state index in [9.17, 15) is 9.59 Å². The predicted octanol–water partition coefficient (Wildman–Crippen LogP) is 4.96. The summed E-state index contributed by atoms with van der Waals surface area (Å²) in [5.74, 6) is 1.45. The molecule has 2 N–H and O–H groups in total. The van der Waals surface area contributed by atoms with Crippen LogP contribution in [0.4, 0.5) is 5.00 Å². The first-order valence-electron chi connectivity index (χ1n) is 11.2. The van der Waals surface area contributed by atoms with Crippen LogP contribution < -0.4 is 24.8 Å². The highest BCUT2D eigenvalue weighted by Crippen LogP contribution is 2.43. The molecule has 1 aliphatic heterocycles. The summed E-state index contributed by atoms with van der Waals surface area (Å²) in [7, 11) is 3.08. The van der Waals surface area contributed by atoms with Crippen LogP contribution >= 0.6 is 11.3 Å². The molecule has 2 atom stereocenters.